The van der Waals surface area contributed by atoms with Crippen LogP contribution in [0, 0.1) is 11.6 Å². The topological polar surface area (TPSA) is 32.3 Å². The maximum absolute atomic E-state index is 13.6. The lowest BCUT2D eigenvalue weighted by molar-refractivity contribution is 0.168. The van der Waals surface area contributed by atoms with Crippen molar-refractivity contribution < 1.29 is 13.9 Å². The second-order valence-electron chi connectivity index (χ2n) is 5.12. The average Bonchev–Trinajstić information content (AvgIpc) is 2.48. The van der Waals surface area contributed by atoms with Crippen molar-refractivity contribution in [2.75, 3.05) is 6.54 Å². The van der Waals surface area contributed by atoms with Crippen LogP contribution in [0.5, 0.6) is 0 Å². The summed E-state index contributed by atoms with van der Waals surface area (Å²) in [6.07, 6.45) is -0.0573. The summed E-state index contributed by atoms with van der Waals surface area (Å²) >= 11 is 0. The molecule has 2 atom stereocenters. The molecule has 0 heterocycles. The van der Waals surface area contributed by atoms with Gasteiger partial charge in [-0.1, -0.05) is 42.5 Å². The molecule has 2 N–H and O–H groups in total. The number of benzene rings is 2. The molecular weight excluding hydrogens is 272 g/mol. The first kappa shape index (κ1) is 15.6. The lowest BCUT2D eigenvalue weighted by Gasteiger charge is -2.18. The summed E-state index contributed by atoms with van der Waals surface area (Å²) in [5.41, 5.74) is 1.30. The van der Waals surface area contributed by atoms with Crippen LogP contribution in [0.3, 0.4) is 0 Å². The van der Waals surface area contributed by atoms with Crippen LogP contribution in [0.1, 0.15) is 24.1 Å². The lowest BCUT2D eigenvalue weighted by Crippen LogP contribution is -2.31. The van der Waals surface area contributed by atoms with Crippen molar-refractivity contribution in [2.24, 2.45) is 0 Å². The van der Waals surface area contributed by atoms with Crippen molar-refractivity contribution in [3.63, 3.8) is 0 Å². The van der Waals surface area contributed by atoms with Crippen LogP contribution in [-0.4, -0.2) is 17.8 Å². The number of halogens is 2. The molecule has 2 nitrogen and oxygen atoms in total. The standard InChI is InChI=1S/C17H19F2NO/c1-12(15-8-5-9-16(18)17(15)19)20-11-14(21)10-13-6-3-2-4-7-13/h2-9,12,14,20-21H,10-11H2,1H3. The minimum Gasteiger partial charge on any atom is -0.391 e. The van der Waals surface area contributed by atoms with Crippen LogP contribution < -0.4 is 5.32 Å². The van der Waals surface area contributed by atoms with Gasteiger partial charge < -0.3 is 10.4 Å². The van der Waals surface area contributed by atoms with Gasteiger partial charge in [0.1, 0.15) is 0 Å². The van der Waals surface area contributed by atoms with Gasteiger partial charge >= 0.3 is 0 Å². The van der Waals surface area contributed by atoms with Crippen LogP contribution in [0.4, 0.5) is 8.78 Å². The molecule has 0 aliphatic carbocycles. The van der Waals surface area contributed by atoms with Gasteiger partial charge in [0.05, 0.1) is 6.10 Å². The minimum atomic E-state index is -0.856. The van der Waals surface area contributed by atoms with Gasteiger partial charge in [0.15, 0.2) is 11.6 Å². The first-order valence-electron chi connectivity index (χ1n) is 6.97. The quantitative estimate of drug-likeness (QED) is 0.856. The monoisotopic (exact) mass is 291 g/mol. The Kier molecular flexibility index (Phi) is 5.42. The molecule has 0 fully saturated rings. The molecule has 0 aromatic heterocycles. The highest BCUT2D eigenvalue weighted by Crippen LogP contribution is 2.18. The fraction of sp³-hybridized carbons (Fsp3) is 0.294. The van der Waals surface area contributed by atoms with E-state index in [1.165, 1.54) is 6.07 Å². The molecule has 2 rings (SSSR count). The molecule has 4 heteroatoms. The molecule has 0 aliphatic heterocycles. The number of aliphatic hydroxyl groups excluding tert-OH is 1. The maximum atomic E-state index is 13.6. The summed E-state index contributed by atoms with van der Waals surface area (Å²) in [5.74, 6) is -1.69. The van der Waals surface area contributed by atoms with Gasteiger partial charge in [-0.2, -0.15) is 0 Å². The van der Waals surface area contributed by atoms with Gasteiger partial charge in [-0.3, -0.25) is 0 Å². The van der Waals surface area contributed by atoms with Crippen molar-refractivity contribution >= 4 is 0 Å². The summed E-state index contributed by atoms with van der Waals surface area (Å²) in [6.45, 7) is 2.05. The number of hydrogen-bond donors (Lipinski definition) is 2. The molecular formula is C17H19F2NO. The first-order chi connectivity index (χ1) is 10.1. The molecule has 0 radical (unpaired) electrons. The van der Waals surface area contributed by atoms with E-state index in [0.717, 1.165) is 11.6 Å². The Bertz CT molecular complexity index is 574. The van der Waals surface area contributed by atoms with E-state index in [-0.39, 0.29) is 11.6 Å². The molecule has 2 aromatic rings. The Balaban J connectivity index is 1.89. The molecule has 112 valence electrons. The van der Waals surface area contributed by atoms with E-state index in [1.807, 2.05) is 30.3 Å². The van der Waals surface area contributed by atoms with Crippen LogP contribution in [0.25, 0.3) is 0 Å². The molecule has 0 spiro atoms. The molecule has 0 amide bonds. The van der Waals surface area contributed by atoms with E-state index in [9.17, 15) is 13.9 Å². The average molecular weight is 291 g/mol. The Labute approximate surface area is 123 Å². The van der Waals surface area contributed by atoms with Gasteiger partial charge in [0, 0.05) is 18.2 Å². The molecule has 0 saturated heterocycles. The van der Waals surface area contributed by atoms with Crippen molar-refractivity contribution in [2.45, 2.75) is 25.5 Å². The van der Waals surface area contributed by atoms with E-state index in [2.05, 4.69) is 5.32 Å². The van der Waals surface area contributed by atoms with Crippen LogP contribution in [0.15, 0.2) is 48.5 Å². The smallest absolute Gasteiger partial charge is 0.163 e. The molecule has 2 unspecified atom stereocenters. The van der Waals surface area contributed by atoms with Gasteiger partial charge in [-0.05, 0) is 25.0 Å². The van der Waals surface area contributed by atoms with Gasteiger partial charge in [0.2, 0.25) is 0 Å². The minimum absolute atomic E-state index is 0.266. The number of nitrogens with one attached hydrogen (secondary N) is 1. The Morgan fingerprint density at radius 3 is 2.48 bits per heavy atom. The summed E-state index contributed by atoms with van der Waals surface area (Å²) in [4.78, 5) is 0. The third-order valence-electron chi connectivity index (χ3n) is 3.42. The highest BCUT2D eigenvalue weighted by Gasteiger charge is 2.15. The fourth-order valence-electron chi connectivity index (χ4n) is 2.24. The molecule has 0 saturated carbocycles. The number of rotatable bonds is 6. The molecule has 0 aliphatic rings. The van der Waals surface area contributed by atoms with Crippen molar-refractivity contribution in [1.82, 2.24) is 5.32 Å². The van der Waals surface area contributed by atoms with Gasteiger partial charge in [-0.15, -0.1) is 0 Å². The summed E-state index contributed by atoms with van der Waals surface area (Å²) < 4.78 is 26.8. The lowest BCUT2D eigenvalue weighted by atomic mass is 10.1. The van der Waals surface area contributed by atoms with Crippen LogP contribution in [0.2, 0.25) is 0 Å². The second kappa shape index (κ2) is 7.29. The zero-order chi connectivity index (χ0) is 15.2. The van der Waals surface area contributed by atoms with Gasteiger partial charge in [0.25, 0.3) is 0 Å². The zero-order valence-electron chi connectivity index (χ0n) is 11.9. The van der Waals surface area contributed by atoms with Gasteiger partial charge in [-0.25, -0.2) is 8.78 Å². The SMILES string of the molecule is CC(NCC(O)Cc1ccccc1)c1cccc(F)c1F. The normalized spacial score (nSPS) is 13.9. The maximum Gasteiger partial charge on any atom is 0.163 e. The zero-order valence-corrected chi connectivity index (χ0v) is 11.9. The molecule has 0 bridgehead atoms. The summed E-state index contributed by atoms with van der Waals surface area (Å²) in [7, 11) is 0. The number of aliphatic hydroxyl groups is 1. The van der Waals surface area contributed by atoms with E-state index in [4.69, 9.17) is 0 Å². The fourth-order valence-corrected chi connectivity index (χ4v) is 2.24. The Morgan fingerprint density at radius 1 is 1.05 bits per heavy atom. The third-order valence-corrected chi connectivity index (χ3v) is 3.42. The van der Waals surface area contributed by atoms with Crippen LogP contribution >= 0.6 is 0 Å². The van der Waals surface area contributed by atoms with Crippen molar-refractivity contribution in [3.8, 4) is 0 Å². The van der Waals surface area contributed by atoms with Crippen molar-refractivity contribution in [3.05, 3.63) is 71.3 Å². The predicted octanol–water partition coefficient (Wildman–Crippen LogP) is 3.22. The van der Waals surface area contributed by atoms with Crippen molar-refractivity contribution in [1.29, 1.82) is 0 Å². The highest BCUT2D eigenvalue weighted by molar-refractivity contribution is 5.22. The first-order valence-corrected chi connectivity index (χ1v) is 6.97. The second-order valence-corrected chi connectivity index (χ2v) is 5.12. The van der Waals surface area contributed by atoms with E-state index < -0.39 is 17.7 Å². The Morgan fingerprint density at radius 2 is 1.76 bits per heavy atom. The number of hydrogen-bond acceptors (Lipinski definition) is 2. The predicted molar refractivity (Wildman–Crippen MR) is 78.9 cm³/mol. The van der Waals surface area contributed by atoms with E-state index in [1.54, 1.807) is 13.0 Å². The largest absolute Gasteiger partial charge is 0.391 e. The summed E-state index contributed by atoms with van der Waals surface area (Å²) in [5, 5.41) is 13.0. The molecule has 2 aromatic carbocycles. The molecule has 21 heavy (non-hydrogen) atoms. The van der Waals surface area contributed by atoms with E-state index >= 15 is 0 Å². The third kappa shape index (κ3) is 4.34. The van der Waals surface area contributed by atoms with E-state index in [0.29, 0.717) is 13.0 Å². The van der Waals surface area contributed by atoms with Crippen LogP contribution in [-0.2, 0) is 6.42 Å². The summed E-state index contributed by atoms with van der Waals surface area (Å²) in [6, 6.07) is 13.4. The Hall–Kier alpha value is -1.78. The highest BCUT2D eigenvalue weighted by atomic mass is 19.2.